The van der Waals surface area contributed by atoms with E-state index in [0.717, 1.165) is 9.28 Å². The molecule has 0 fully saturated rings. The summed E-state index contributed by atoms with van der Waals surface area (Å²) in [6.45, 7) is 9.91. The molecular weight excluding hydrogens is 519 g/mol. The SMILES string of the molecule is CCSC(=S)SC(C)(C#N)CCC(=O)NCCSSC(C)(C)CCC(=O)N(C)C(C)C(=O)O. The van der Waals surface area contributed by atoms with E-state index in [9.17, 15) is 19.6 Å². The normalized spacial score (nSPS) is 14.0. The zero-order chi connectivity index (χ0) is 25.7. The summed E-state index contributed by atoms with van der Waals surface area (Å²) in [6, 6.07) is 1.43. The molecule has 0 aromatic rings. The largest absolute Gasteiger partial charge is 0.480 e. The smallest absolute Gasteiger partial charge is 0.326 e. The van der Waals surface area contributed by atoms with Gasteiger partial charge < -0.3 is 15.3 Å². The zero-order valence-electron chi connectivity index (χ0n) is 20.1. The first-order valence-corrected chi connectivity index (χ1v) is 15.1. The Morgan fingerprint density at radius 3 is 2.39 bits per heavy atom. The summed E-state index contributed by atoms with van der Waals surface area (Å²) in [6.07, 6.45) is 1.60. The van der Waals surface area contributed by atoms with Crippen molar-refractivity contribution in [2.24, 2.45) is 0 Å². The highest BCUT2D eigenvalue weighted by atomic mass is 33.1. The molecule has 188 valence electrons. The molecule has 0 aliphatic carbocycles. The molecular formula is C21H35N3O4S5. The monoisotopic (exact) mass is 553 g/mol. The third-order valence-electron chi connectivity index (χ3n) is 4.70. The maximum atomic E-state index is 12.2. The molecule has 0 radical (unpaired) electrons. The number of nitrogens with zero attached hydrogens (tertiary/aromatic N) is 2. The molecule has 0 aliphatic heterocycles. The second-order valence-electron chi connectivity index (χ2n) is 8.16. The minimum atomic E-state index is -1.02. The molecule has 0 heterocycles. The lowest BCUT2D eigenvalue weighted by Crippen LogP contribution is -2.40. The van der Waals surface area contributed by atoms with Crippen molar-refractivity contribution in [3.8, 4) is 6.07 Å². The third-order valence-corrected chi connectivity index (χ3v) is 10.7. The van der Waals surface area contributed by atoms with E-state index >= 15 is 0 Å². The highest BCUT2D eigenvalue weighted by Crippen LogP contribution is 2.38. The van der Waals surface area contributed by atoms with E-state index in [1.807, 2.05) is 27.7 Å². The molecule has 2 N–H and O–H groups in total. The fraction of sp³-hybridized carbons (Fsp3) is 0.762. The molecule has 0 aromatic heterocycles. The average Bonchev–Trinajstić information content (AvgIpc) is 2.74. The van der Waals surface area contributed by atoms with Crippen LogP contribution in [0.4, 0.5) is 0 Å². The quantitative estimate of drug-likeness (QED) is 0.166. The van der Waals surface area contributed by atoms with Gasteiger partial charge in [0.25, 0.3) is 0 Å². The van der Waals surface area contributed by atoms with Crippen molar-refractivity contribution in [2.45, 2.75) is 75.8 Å². The van der Waals surface area contributed by atoms with Crippen LogP contribution in [0.5, 0.6) is 0 Å². The predicted molar refractivity (Wildman–Crippen MR) is 148 cm³/mol. The van der Waals surface area contributed by atoms with Crippen LogP contribution in [-0.2, 0) is 14.4 Å². The van der Waals surface area contributed by atoms with Gasteiger partial charge >= 0.3 is 5.97 Å². The van der Waals surface area contributed by atoms with Gasteiger partial charge in [-0.25, -0.2) is 4.79 Å². The number of carboxylic acids is 1. The molecule has 0 spiro atoms. The van der Waals surface area contributed by atoms with Crippen molar-refractivity contribution >= 4 is 78.6 Å². The number of carboxylic acid groups (broad SMARTS) is 1. The van der Waals surface area contributed by atoms with Crippen molar-refractivity contribution in [3.05, 3.63) is 0 Å². The number of carbonyl (C=O) groups excluding carboxylic acids is 2. The molecule has 0 saturated carbocycles. The maximum Gasteiger partial charge on any atom is 0.326 e. The van der Waals surface area contributed by atoms with Crippen LogP contribution in [0.15, 0.2) is 0 Å². The molecule has 0 aromatic carbocycles. The first-order chi connectivity index (χ1) is 15.3. The first-order valence-electron chi connectivity index (χ1n) is 10.6. The number of hydrogen-bond donors (Lipinski definition) is 2. The topological polar surface area (TPSA) is 111 Å². The molecule has 2 unspecified atom stereocenters. The number of thiocarbonyl (C=S) groups is 1. The summed E-state index contributed by atoms with van der Waals surface area (Å²) >= 11 is 8.15. The number of likely N-dealkylation sites (N-methyl/N-ethyl adjacent to an activating group) is 1. The van der Waals surface area contributed by atoms with Gasteiger partial charge in [0.1, 0.15) is 14.3 Å². The molecule has 12 heteroatoms. The molecule has 2 amide bonds. The highest BCUT2D eigenvalue weighted by Gasteiger charge is 2.28. The highest BCUT2D eigenvalue weighted by molar-refractivity contribution is 8.77. The van der Waals surface area contributed by atoms with Gasteiger partial charge in [-0.05, 0) is 46.3 Å². The Kier molecular flexibility index (Phi) is 15.8. The molecule has 0 saturated heterocycles. The van der Waals surface area contributed by atoms with Crippen molar-refractivity contribution in [3.63, 3.8) is 0 Å². The second kappa shape index (κ2) is 16.1. The Labute approximate surface area is 219 Å². The minimum Gasteiger partial charge on any atom is -0.480 e. The predicted octanol–water partition coefficient (Wildman–Crippen LogP) is 4.81. The lowest BCUT2D eigenvalue weighted by Gasteiger charge is -2.26. The van der Waals surface area contributed by atoms with Gasteiger partial charge in [-0.1, -0.05) is 52.5 Å². The van der Waals surface area contributed by atoms with Crippen LogP contribution in [0, 0.1) is 11.3 Å². The van der Waals surface area contributed by atoms with Crippen LogP contribution in [0.2, 0.25) is 0 Å². The van der Waals surface area contributed by atoms with Gasteiger partial charge in [0.2, 0.25) is 11.8 Å². The Morgan fingerprint density at radius 1 is 1.21 bits per heavy atom. The second-order valence-corrected chi connectivity index (χ2v) is 15.3. The van der Waals surface area contributed by atoms with Crippen LogP contribution in [0.1, 0.15) is 60.3 Å². The lowest BCUT2D eigenvalue weighted by molar-refractivity contribution is -0.148. The van der Waals surface area contributed by atoms with Crippen molar-refractivity contribution in [2.75, 3.05) is 25.1 Å². The summed E-state index contributed by atoms with van der Waals surface area (Å²) in [4.78, 5) is 36.6. The lowest BCUT2D eigenvalue weighted by atomic mass is 10.1. The van der Waals surface area contributed by atoms with E-state index in [2.05, 4.69) is 11.4 Å². The average molecular weight is 554 g/mol. The Balaban J connectivity index is 4.21. The van der Waals surface area contributed by atoms with Gasteiger partial charge in [-0.15, -0.1) is 11.8 Å². The van der Waals surface area contributed by atoms with E-state index in [4.69, 9.17) is 17.3 Å². The minimum absolute atomic E-state index is 0.0859. The van der Waals surface area contributed by atoms with Crippen LogP contribution in [0.25, 0.3) is 0 Å². The van der Waals surface area contributed by atoms with Crippen molar-refractivity contribution in [1.29, 1.82) is 5.26 Å². The van der Waals surface area contributed by atoms with Crippen LogP contribution in [-0.4, -0.2) is 72.0 Å². The molecule has 2 atom stereocenters. The zero-order valence-corrected chi connectivity index (χ0v) is 24.2. The molecule has 33 heavy (non-hydrogen) atoms. The van der Waals surface area contributed by atoms with Crippen molar-refractivity contribution in [1.82, 2.24) is 10.2 Å². The maximum absolute atomic E-state index is 12.2. The Morgan fingerprint density at radius 2 is 1.85 bits per heavy atom. The van der Waals surface area contributed by atoms with Gasteiger partial charge in [0.15, 0.2) is 0 Å². The van der Waals surface area contributed by atoms with E-state index in [0.29, 0.717) is 25.1 Å². The number of hydrogen-bond acceptors (Lipinski definition) is 9. The number of nitriles is 1. The van der Waals surface area contributed by atoms with Gasteiger partial charge in [-0.2, -0.15) is 5.26 Å². The van der Waals surface area contributed by atoms with E-state index in [-0.39, 0.29) is 29.4 Å². The Bertz CT molecular complexity index is 729. The number of nitrogens with one attached hydrogen (secondary N) is 1. The summed E-state index contributed by atoms with van der Waals surface area (Å²) in [5.41, 5.74) is 0. The van der Waals surface area contributed by atoms with E-state index in [1.54, 1.807) is 21.6 Å². The summed E-state index contributed by atoms with van der Waals surface area (Å²) < 4.78 is -0.153. The number of aliphatic carboxylic acids is 1. The van der Waals surface area contributed by atoms with Gasteiger partial charge in [-0.3, -0.25) is 9.59 Å². The van der Waals surface area contributed by atoms with Gasteiger partial charge in [0.05, 0.1) is 6.07 Å². The number of thioether (sulfide) groups is 2. The van der Waals surface area contributed by atoms with Crippen LogP contribution >= 0.6 is 57.3 Å². The number of amides is 2. The van der Waals surface area contributed by atoms with E-state index < -0.39 is 16.8 Å². The fourth-order valence-corrected chi connectivity index (χ4v) is 7.72. The van der Waals surface area contributed by atoms with Crippen molar-refractivity contribution < 1.29 is 19.5 Å². The van der Waals surface area contributed by atoms with Crippen LogP contribution in [0.3, 0.4) is 0 Å². The summed E-state index contributed by atoms with van der Waals surface area (Å²) in [7, 11) is 4.78. The third kappa shape index (κ3) is 14.4. The van der Waals surface area contributed by atoms with E-state index in [1.165, 1.54) is 42.4 Å². The van der Waals surface area contributed by atoms with Crippen LogP contribution < -0.4 is 5.32 Å². The first kappa shape index (κ1) is 32.4. The summed E-state index contributed by atoms with van der Waals surface area (Å²) in [5, 5.41) is 21.4. The number of rotatable bonds is 15. The standard InChI is InChI=1S/C21H35N3O4S5/c1-7-30-19(29)32-21(5,14-22)11-8-16(25)23-12-13-31-33-20(3,4)10-9-17(26)24(6)15(2)18(27)28/h15H,7-13H2,1-6H3,(H,23,25)(H,27,28). The molecule has 0 aliphatic rings. The molecule has 7 nitrogen and oxygen atoms in total. The summed E-state index contributed by atoms with van der Waals surface area (Å²) in [5.74, 6) is 0.277. The molecule has 0 rings (SSSR count). The fourth-order valence-electron chi connectivity index (χ4n) is 2.34. The van der Waals surface area contributed by atoms with Gasteiger partial charge in [0, 0.05) is 36.9 Å². The molecule has 0 bridgehead atoms. The number of carbonyl (C=O) groups is 3. The Hall–Kier alpha value is -0.610.